The molecule has 0 saturated heterocycles. The zero-order chi connectivity index (χ0) is 13.1. The summed E-state index contributed by atoms with van der Waals surface area (Å²) in [6.07, 6.45) is 3.64. The van der Waals surface area contributed by atoms with Crippen molar-refractivity contribution in [2.45, 2.75) is 26.9 Å². The molecule has 6 heteroatoms. The van der Waals surface area contributed by atoms with E-state index in [1.54, 1.807) is 16.9 Å². The largest absolute Gasteiger partial charge is 0.475 e. The number of hydrogen-bond acceptors (Lipinski definition) is 5. The molecular formula is C12H17N5O. The molecule has 0 unspecified atom stereocenters. The average Bonchev–Trinajstić information content (AvgIpc) is 2.57. The third kappa shape index (κ3) is 2.97. The van der Waals surface area contributed by atoms with E-state index in [2.05, 4.69) is 20.4 Å². The van der Waals surface area contributed by atoms with Gasteiger partial charge in [-0.25, -0.2) is 4.98 Å². The van der Waals surface area contributed by atoms with Gasteiger partial charge in [0, 0.05) is 25.5 Å². The molecule has 0 spiro atoms. The normalized spacial score (nSPS) is 10.7. The fourth-order valence-corrected chi connectivity index (χ4v) is 1.55. The van der Waals surface area contributed by atoms with Crippen molar-refractivity contribution < 1.29 is 4.74 Å². The van der Waals surface area contributed by atoms with E-state index in [0.717, 1.165) is 11.4 Å². The van der Waals surface area contributed by atoms with Crippen LogP contribution in [0.3, 0.4) is 0 Å². The van der Waals surface area contributed by atoms with Crippen LogP contribution in [-0.2, 0) is 7.05 Å². The molecule has 2 aromatic rings. The number of aryl methyl sites for hydroxylation is 2. The standard InChI is InChI=1S/C12H17N5O/c1-8(2)18-11-5-6-13-12(15-11)14-10-7-17(4)16-9(10)3/h5-8H,1-4H3,(H,13,14,15). The topological polar surface area (TPSA) is 64.9 Å². The van der Waals surface area contributed by atoms with Gasteiger partial charge in [0.25, 0.3) is 0 Å². The van der Waals surface area contributed by atoms with Gasteiger partial charge in [-0.2, -0.15) is 10.1 Å². The van der Waals surface area contributed by atoms with Crippen molar-refractivity contribution in [2.24, 2.45) is 7.05 Å². The first-order valence-corrected chi connectivity index (χ1v) is 5.81. The van der Waals surface area contributed by atoms with Crippen LogP contribution in [0.5, 0.6) is 5.88 Å². The Balaban J connectivity index is 2.16. The molecule has 18 heavy (non-hydrogen) atoms. The molecule has 0 radical (unpaired) electrons. The molecule has 2 rings (SSSR count). The fraction of sp³-hybridized carbons (Fsp3) is 0.417. The second kappa shape index (κ2) is 5.03. The van der Waals surface area contributed by atoms with Crippen LogP contribution in [0.4, 0.5) is 11.6 Å². The Morgan fingerprint density at radius 3 is 2.78 bits per heavy atom. The van der Waals surface area contributed by atoms with Crippen molar-refractivity contribution in [3.8, 4) is 5.88 Å². The molecule has 0 bridgehead atoms. The summed E-state index contributed by atoms with van der Waals surface area (Å²) < 4.78 is 7.26. The first-order valence-electron chi connectivity index (χ1n) is 5.81. The lowest BCUT2D eigenvalue weighted by molar-refractivity contribution is 0.232. The minimum absolute atomic E-state index is 0.0906. The van der Waals surface area contributed by atoms with Crippen LogP contribution in [0.15, 0.2) is 18.5 Å². The maximum absolute atomic E-state index is 5.52. The summed E-state index contributed by atoms with van der Waals surface area (Å²) in [5.41, 5.74) is 1.79. The molecular weight excluding hydrogens is 230 g/mol. The summed E-state index contributed by atoms with van der Waals surface area (Å²) in [5, 5.41) is 7.37. The first kappa shape index (κ1) is 12.3. The predicted octanol–water partition coefficient (Wildman–Crippen LogP) is 2.05. The van der Waals surface area contributed by atoms with E-state index >= 15 is 0 Å². The maximum atomic E-state index is 5.52. The average molecular weight is 247 g/mol. The predicted molar refractivity (Wildman–Crippen MR) is 69.0 cm³/mol. The van der Waals surface area contributed by atoms with Crippen LogP contribution >= 0.6 is 0 Å². The summed E-state index contributed by atoms with van der Waals surface area (Å²) in [7, 11) is 1.87. The highest BCUT2D eigenvalue weighted by molar-refractivity contribution is 5.54. The van der Waals surface area contributed by atoms with Crippen molar-refractivity contribution in [2.75, 3.05) is 5.32 Å². The van der Waals surface area contributed by atoms with Crippen molar-refractivity contribution >= 4 is 11.6 Å². The van der Waals surface area contributed by atoms with Gasteiger partial charge in [0.15, 0.2) is 0 Å². The van der Waals surface area contributed by atoms with E-state index < -0.39 is 0 Å². The number of ether oxygens (including phenoxy) is 1. The minimum atomic E-state index is 0.0906. The second-order valence-electron chi connectivity index (χ2n) is 4.31. The Kier molecular flexibility index (Phi) is 3.45. The molecule has 0 amide bonds. The smallest absolute Gasteiger partial charge is 0.230 e. The zero-order valence-corrected chi connectivity index (χ0v) is 11.0. The van der Waals surface area contributed by atoms with E-state index in [-0.39, 0.29) is 6.10 Å². The summed E-state index contributed by atoms with van der Waals surface area (Å²) in [6, 6.07) is 1.74. The summed E-state index contributed by atoms with van der Waals surface area (Å²) in [6.45, 7) is 5.84. The molecule has 0 aliphatic heterocycles. The Bertz CT molecular complexity index is 535. The van der Waals surface area contributed by atoms with E-state index in [1.165, 1.54) is 0 Å². The lowest BCUT2D eigenvalue weighted by Crippen LogP contribution is -2.08. The fourth-order valence-electron chi connectivity index (χ4n) is 1.55. The molecule has 6 nitrogen and oxygen atoms in total. The Labute approximate surface area is 106 Å². The molecule has 2 aromatic heterocycles. The van der Waals surface area contributed by atoms with E-state index in [1.807, 2.05) is 34.0 Å². The van der Waals surface area contributed by atoms with Gasteiger partial charge in [-0.3, -0.25) is 4.68 Å². The van der Waals surface area contributed by atoms with Gasteiger partial charge in [0.2, 0.25) is 11.8 Å². The summed E-state index contributed by atoms with van der Waals surface area (Å²) in [5.74, 6) is 1.06. The van der Waals surface area contributed by atoms with E-state index in [4.69, 9.17) is 4.74 Å². The molecule has 96 valence electrons. The van der Waals surface area contributed by atoms with E-state index in [9.17, 15) is 0 Å². The monoisotopic (exact) mass is 247 g/mol. The highest BCUT2D eigenvalue weighted by Gasteiger charge is 2.06. The van der Waals surface area contributed by atoms with Crippen molar-refractivity contribution in [1.82, 2.24) is 19.7 Å². The molecule has 2 heterocycles. The third-order valence-corrected chi connectivity index (χ3v) is 2.25. The van der Waals surface area contributed by atoms with Crippen molar-refractivity contribution in [1.29, 1.82) is 0 Å². The Hall–Kier alpha value is -2.11. The van der Waals surface area contributed by atoms with Gasteiger partial charge in [-0.05, 0) is 20.8 Å². The maximum Gasteiger partial charge on any atom is 0.230 e. The molecule has 0 aromatic carbocycles. The van der Waals surface area contributed by atoms with Crippen LogP contribution < -0.4 is 10.1 Å². The molecule has 0 aliphatic rings. The van der Waals surface area contributed by atoms with Crippen molar-refractivity contribution in [3.63, 3.8) is 0 Å². The number of anilines is 2. The minimum Gasteiger partial charge on any atom is -0.475 e. The van der Waals surface area contributed by atoms with Gasteiger partial charge >= 0.3 is 0 Å². The number of rotatable bonds is 4. The molecule has 0 fully saturated rings. The Morgan fingerprint density at radius 2 is 2.17 bits per heavy atom. The van der Waals surface area contributed by atoms with Crippen LogP contribution in [0.2, 0.25) is 0 Å². The van der Waals surface area contributed by atoms with Crippen LogP contribution in [0, 0.1) is 6.92 Å². The number of hydrogen-bond donors (Lipinski definition) is 1. The van der Waals surface area contributed by atoms with Crippen LogP contribution in [-0.4, -0.2) is 25.9 Å². The molecule has 0 atom stereocenters. The van der Waals surface area contributed by atoms with Crippen LogP contribution in [0.25, 0.3) is 0 Å². The molecule has 1 N–H and O–H groups in total. The van der Waals surface area contributed by atoms with Gasteiger partial charge in [0.05, 0.1) is 17.5 Å². The van der Waals surface area contributed by atoms with E-state index in [0.29, 0.717) is 11.8 Å². The quantitative estimate of drug-likeness (QED) is 0.895. The van der Waals surface area contributed by atoms with Crippen LogP contribution in [0.1, 0.15) is 19.5 Å². The van der Waals surface area contributed by atoms with Gasteiger partial charge < -0.3 is 10.1 Å². The second-order valence-corrected chi connectivity index (χ2v) is 4.31. The molecule has 0 aliphatic carbocycles. The summed E-state index contributed by atoms with van der Waals surface area (Å²) >= 11 is 0. The Morgan fingerprint density at radius 1 is 1.39 bits per heavy atom. The number of nitrogens with one attached hydrogen (secondary N) is 1. The van der Waals surface area contributed by atoms with Crippen molar-refractivity contribution in [3.05, 3.63) is 24.2 Å². The summed E-state index contributed by atoms with van der Waals surface area (Å²) in [4.78, 5) is 8.43. The zero-order valence-electron chi connectivity index (χ0n) is 11.0. The lowest BCUT2D eigenvalue weighted by atomic mass is 10.4. The van der Waals surface area contributed by atoms with Gasteiger partial charge in [-0.1, -0.05) is 0 Å². The number of aromatic nitrogens is 4. The number of nitrogens with zero attached hydrogens (tertiary/aromatic N) is 4. The highest BCUT2D eigenvalue weighted by atomic mass is 16.5. The SMILES string of the molecule is Cc1nn(C)cc1Nc1nccc(OC(C)C)n1. The first-order chi connectivity index (χ1) is 8.54. The third-order valence-electron chi connectivity index (χ3n) is 2.25. The molecule has 0 saturated carbocycles. The highest BCUT2D eigenvalue weighted by Crippen LogP contribution is 2.18. The lowest BCUT2D eigenvalue weighted by Gasteiger charge is -2.09. The van der Waals surface area contributed by atoms with Gasteiger partial charge in [-0.15, -0.1) is 0 Å². The van der Waals surface area contributed by atoms with Gasteiger partial charge in [0.1, 0.15) is 0 Å².